The lowest BCUT2D eigenvalue weighted by atomic mass is 9.96. The molecule has 1 aliphatic rings. The van der Waals surface area contributed by atoms with Crippen LogP contribution in [-0.2, 0) is 0 Å². The van der Waals surface area contributed by atoms with Gasteiger partial charge in [-0.25, -0.2) is 0 Å². The van der Waals surface area contributed by atoms with Gasteiger partial charge >= 0.3 is 0 Å². The van der Waals surface area contributed by atoms with Crippen molar-refractivity contribution >= 4 is 22.6 Å². The summed E-state index contributed by atoms with van der Waals surface area (Å²) in [7, 11) is 1.63. The Balaban J connectivity index is 2.48. The summed E-state index contributed by atoms with van der Waals surface area (Å²) < 4.78 is 0.688. The number of nitrogens with zero attached hydrogens (tertiary/aromatic N) is 1. The maximum absolute atomic E-state index is 11.4. The van der Waals surface area contributed by atoms with Crippen LogP contribution in [0.2, 0.25) is 0 Å². The fraction of sp³-hybridized carbons (Fsp3) is 1.00. The molecular formula is C7H14INO2. The van der Waals surface area contributed by atoms with E-state index in [1.807, 2.05) is 0 Å². The number of rotatable bonds is 1. The molecule has 0 radical (unpaired) electrons. The minimum atomic E-state index is -0.386. The monoisotopic (exact) mass is 271 g/mol. The lowest BCUT2D eigenvalue weighted by Gasteiger charge is -2.45. The van der Waals surface area contributed by atoms with Crippen LogP contribution in [0.15, 0.2) is 0 Å². The van der Waals surface area contributed by atoms with Crippen LogP contribution in [0.4, 0.5) is 0 Å². The lowest BCUT2D eigenvalue weighted by Crippen LogP contribution is -2.52. The molecule has 0 aliphatic carbocycles. The largest absolute Gasteiger partial charge is 0.633 e. The van der Waals surface area contributed by atoms with Crippen LogP contribution in [0.3, 0.4) is 0 Å². The number of aliphatic hydroxyl groups excluding tert-OH is 1. The Morgan fingerprint density at radius 3 is 2.82 bits per heavy atom. The highest BCUT2D eigenvalue weighted by Crippen LogP contribution is 2.22. The summed E-state index contributed by atoms with van der Waals surface area (Å²) in [5, 5.41) is 20.9. The summed E-state index contributed by atoms with van der Waals surface area (Å²) in [4.78, 5) is 0. The van der Waals surface area contributed by atoms with Crippen LogP contribution >= 0.6 is 22.6 Å². The van der Waals surface area contributed by atoms with Gasteiger partial charge in [0.05, 0.1) is 13.6 Å². The first-order valence-corrected chi connectivity index (χ1v) is 5.37. The number of aliphatic hydroxyl groups is 1. The first-order chi connectivity index (χ1) is 5.05. The van der Waals surface area contributed by atoms with E-state index in [1.165, 1.54) is 0 Å². The van der Waals surface area contributed by atoms with Crippen molar-refractivity contribution in [1.29, 1.82) is 0 Å². The quantitative estimate of drug-likeness (QED) is 0.331. The summed E-state index contributed by atoms with van der Waals surface area (Å²) in [6.45, 7) is 1.03. The van der Waals surface area contributed by atoms with Crippen LogP contribution in [0.25, 0.3) is 0 Å². The van der Waals surface area contributed by atoms with Crippen molar-refractivity contribution in [3.05, 3.63) is 5.21 Å². The molecular weight excluding hydrogens is 257 g/mol. The maximum Gasteiger partial charge on any atom is 0.107 e. The van der Waals surface area contributed by atoms with Gasteiger partial charge in [-0.3, -0.25) is 0 Å². The van der Waals surface area contributed by atoms with E-state index >= 15 is 0 Å². The molecule has 11 heavy (non-hydrogen) atoms. The van der Waals surface area contributed by atoms with Crippen molar-refractivity contribution in [3.8, 4) is 0 Å². The molecule has 0 saturated carbocycles. The zero-order valence-corrected chi connectivity index (χ0v) is 8.82. The molecule has 3 atom stereocenters. The minimum Gasteiger partial charge on any atom is -0.633 e. The molecule has 0 aromatic rings. The first-order valence-electron chi connectivity index (χ1n) is 3.85. The van der Waals surface area contributed by atoms with Gasteiger partial charge in [-0.2, -0.15) is 0 Å². The van der Waals surface area contributed by atoms with E-state index < -0.39 is 0 Å². The second-order valence-corrected chi connectivity index (χ2v) is 4.35. The van der Waals surface area contributed by atoms with Gasteiger partial charge in [-0.1, -0.05) is 22.6 Å². The van der Waals surface area contributed by atoms with E-state index in [0.29, 0.717) is 19.0 Å². The molecule has 0 bridgehead atoms. The van der Waals surface area contributed by atoms with E-state index in [0.717, 1.165) is 10.8 Å². The van der Waals surface area contributed by atoms with Gasteiger partial charge in [0.15, 0.2) is 0 Å². The molecule has 1 fully saturated rings. The highest BCUT2D eigenvalue weighted by atomic mass is 127. The summed E-state index contributed by atoms with van der Waals surface area (Å²) in [5.41, 5.74) is 0. The van der Waals surface area contributed by atoms with Crippen LogP contribution in [0, 0.1) is 11.1 Å². The fourth-order valence-corrected chi connectivity index (χ4v) is 2.47. The molecule has 0 aromatic heterocycles. The van der Waals surface area contributed by atoms with Crippen LogP contribution < -0.4 is 0 Å². The predicted molar refractivity (Wildman–Crippen MR) is 52.3 cm³/mol. The predicted octanol–water partition coefficient (Wildman–Crippen LogP) is 0.747. The summed E-state index contributed by atoms with van der Waals surface area (Å²) in [6.07, 6.45) is 0.479. The Hall–Kier alpha value is 0.610. The third-order valence-electron chi connectivity index (χ3n) is 2.29. The summed E-state index contributed by atoms with van der Waals surface area (Å²) in [6, 6.07) is 0. The average molecular weight is 271 g/mol. The highest BCUT2D eigenvalue weighted by Gasteiger charge is 2.30. The number of alkyl halides is 1. The number of halogens is 1. The van der Waals surface area contributed by atoms with Gasteiger partial charge in [-0.15, -0.1) is 0 Å². The topological polar surface area (TPSA) is 43.3 Å². The standard InChI is InChI=1S/C7H14INO2/c1-9(11)3-2-6(4-8)7(10)5-9/h6-7,10H,2-5H2,1H3/t6-,7+,9?/m0/s1. The zero-order valence-electron chi connectivity index (χ0n) is 6.66. The second-order valence-electron chi connectivity index (χ2n) is 3.47. The Morgan fingerprint density at radius 1 is 1.73 bits per heavy atom. The summed E-state index contributed by atoms with van der Waals surface area (Å²) >= 11 is 2.26. The lowest BCUT2D eigenvalue weighted by molar-refractivity contribution is -0.870. The fourth-order valence-electron chi connectivity index (χ4n) is 1.45. The zero-order chi connectivity index (χ0) is 8.48. The molecule has 1 unspecified atom stereocenters. The van der Waals surface area contributed by atoms with Gasteiger partial charge < -0.3 is 15.0 Å². The van der Waals surface area contributed by atoms with Gasteiger partial charge in [0.1, 0.15) is 12.6 Å². The first kappa shape index (κ1) is 9.70. The summed E-state index contributed by atoms with van der Waals surface area (Å²) in [5.74, 6) is 0.343. The second kappa shape index (κ2) is 3.55. The van der Waals surface area contributed by atoms with Crippen LogP contribution in [-0.4, -0.2) is 40.4 Å². The maximum atomic E-state index is 11.4. The van der Waals surface area contributed by atoms with Crippen molar-refractivity contribution in [1.82, 2.24) is 0 Å². The molecule has 1 heterocycles. The van der Waals surface area contributed by atoms with E-state index in [-0.39, 0.29) is 10.8 Å². The van der Waals surface area contributed by atoms with Gasteiger partial charge in [0.25, 0.3) is 0 Å². The molecule has 1 saturated heterocycles. The molecule has 4 heteroatoms. The molecule has 0 spiro atoms. The van der Waals surface area contributed by atoms with Crippen molar-refractivity contribution < 1.29 is 9.75 Å². The number of hydrogen-bond acceptors (Lipinski definition) is 2. The van der Waals surface area contributed by atoms with Crippen molar-refractivity contribution in [2.24, 2.45) is 5.92 Å². The average Bonchev–Trinajstić information content (AvgIpc) is 1.86. The Kier molecular flexibility index (Phi) is 3.13. The Bertz CT molecular complexity index is 140. The SMILES string of the molecule is C[N+]1([O-])CC[C@@H](CI)[C@H](O)C1. The normalized spacial score (nSPS) is 45.8. The molecule has 66 valence electrons. The molecule has 3 nitrogen and oxygen atoms in total. The molecule has 1 aliphatic heterocycles. The molecule has 1 N–H and O–H groups in total. The van der Waals surface area contributed by atoms with Crippen LogP contribution in [0.1, 0.15) is 6.42 Å². The van der Waals surface area contributed by atoms with Crippen molar-refractivity contribution in [2.45, 2.75) is 12.5 Å². The molecule has 1 rings (SSSR count). The highest BCUT2D eigenvalue weighted by molar-refractivity contribution is 14.1. The van der Waals surface area contributed by atoms with E-state index in [2.05, 4.69) is 22.6 Å². The van der Waals surface area contributed by atoms with E-state index in [1.54, 1.807) is 7.05 Å². The number of piperidine rings is 1. The number of hydroxylamine groups is 3. The Morgan fingerprint density at radius 2 is 2.36 bits per heavy atom. The van der Waals surface area contributed by atoms with Gasteiger partial charge in [-0.05, 0) is 0 Å². The number of likely N-dealkylation sites (tertiary alicyclic amines) is 1. The van der Waals surface area contributed by atoms with Crippen molar-refractivity contribution in [3.63, 3.8) is 0 Å². The third-order valence-corrected chi connectivity index (χ3v) is 3.42. The van der Waals surface area contributed by atoms with E-state index in [9.17, 15) is 10.3 Å². The van der Waals surface area contributed by atoms with Gasteiger partial charge in [0, 0.05) is 16.8 Å². The van der Waals surface area contributed by atoms with E-state index in [4.69, 9.17) is 0 Å². The van der Waals surface area contributed by atoms with Crippen molar-refractivity contribution in [2.75, 3.05) is 24.6 Å². The van der Waals surface area contributed by atoms with Crippen LogP contribution in [0.5, 0.6) is 0 Å². The Labute approximate surface area is 80.7 Å². The molecule has 0 amide bonds. The molecule has 0 aromatic carbocycles. The third kappa shape index (κ3) is 2.54. The van der Waals surface area contributed by atoms with Gasteiger partial charge in [0.2, 0.25) is 0 Å². The number of quaternary nitrogens is 1. The minimum absolute atomic E-state index is 0.270. The smallest absolute Gasteiger partial charge is 0.107 e. The number of likely N-dealkylation sites (N-methyl/N-ethyl adjacent to an activating group) is 1. The number of hydrogen-bond donors (Lipinski definition) is 1.